The summed E-state index contributed by atoms with van der Waals surface area (Å²) in [6, 6.07) is 5.25. The molecule has 2 rings (SSSR count). The van der Waals surface area contributed by atoms with E-state index in [9.17, 15) is 13.2 Å². The van der Waals surface area contributed by atoms with Crippen LogP contribution in [0.1, 0.15) is 16.7 Å². The third-order valence-corrected chi connectivity index (χ3v) is 2.76. The molecule has 0 saturated carbocycles. The summed E-state index contributed by atoms with van der Waals surface area (Å²) in [5, 5.41) is 9.06. The van der Waals surface area contributed by atoms with Crippen LogP contribution in [0.15, 0.2) is 36.7 Å². The quantitative estimate of drug-likeness (QED) is 0.902. The van der Waals surface area contributed by atoms with Gasteiger partial charge in [-0.1, -0.05) is 6.07 Å². The first-order valence-electron chi connectivity index (χ1n) is 5.65. The average Bonchev–Trinajstić information content (AvgIpc) is 2.37. The van der Waals surface area contributed by atoms with Crippen molar-refractivity contribution in [3.8, 4) is 11.1 Å². The summed E-state index contributed by atoms with van der Waals surface area (Å²) in [6.45, 7) is 1.46. The molecule has 1 heterocycles. The second-order valence-electron chi connectivity index (χ2n) is 4.29. The van der Waals surface area contributed by atoms with Gasteiger partial charge in [-0.25, -0.2) is 0 Å². The zero-order valence-corrected chi connectivity index (χ0v) is 10.2. The Morgan fingerprint density at radius 2 is 1.89 bits per heavy atom. The number of aliphatic hydroxyl groups excluding tert-OH is 1. The van der Waals surface area contributed by atoms with Crippen molar-refractivity contribution in [2.24, 2.45) is 0 Å². The highest BCUT2D eigenvalue weighted by molar-refractivity contribution is 5.68. The Bertz CT molecular complexity index is 593. The van der Waals surface area contributed by atoms with Gasteiger partial charge in [0.1, 0.15) is 0 Å². The summed E-state index contributed by atoms with van der Waals surface area (Å²) in [7, 11) is 0. The average molecular weight is 267 g/mol. The molecule has 0 amide bonds. The van der Waals surface area contributed by atoms with Gasteiger partial charge in [0.25, 0.3) is 0 Å². The maximum absolute atomic E-state index is 13.0. The number of halogens is 3. The van der Waals surface area contributed by atoms with Crippen LogP contribution in [0.4, 0.5) is 13.2 Å². The van der Waals surface area contributed by atoms with Gasteiger partial charge < -0.3 is 5.11 Å². The third-order valence-electron chi connectivity index (χ3n) is 2.76. The van der Waals surface area contributed by atoms with E-state index >= 15 is 0 Å². The molecule has 0 aliphatic heterocycles. The van der Waals surface area contributed by atoms with Gasteiger partial charge in [0.2, 0.25) is 0 Å². The van der Waals surface area contributed by atoms with E-state index in [2.05, 4.69) is 4.98 Å². The summed E-state index contributed by atoms with van der Waals surface area (Å²) < 4.78 is 39.0. The second-order valence-corrected chi connectivity index (χ2v) is 4.29. The maximum Gasteiger partial charge on any atom is 0.417 e. The number of aliphatic hydroxyl groups is 1. The number of benzene rings is 1. The van der Waals surface area contributed by atoms with Crippen molar-refractivity contribution in [2.75, 3.05) is 0 Å². The molecule has 0 atom stereocenters. The van der Waals surface area contributed by atoms with Crippen LogP contribution in [0.25, 0.3) is 11.1 Å². The van der Waals surface area contributed by atoms with Crippen LogP contribution in [-0.4, -0.2) is 10.1 Å². The van der Waals surface area contributed by atoms with Crippen LogP contribution in [0.5, 0.6) is 0 Å². The number of aryl methyl sites for hydroxylation is 1. The standard InChI is InChI=1S/C14H12F3NO/c1-9-4-11(7-18-6-9)12-5-10(8-19)2-3-13(12)14(15,16)17/h2-7,19H,8H2,1H3. The summed E-state index contributed by atoms with van der Waals surface area (Å²) in [4.78, 5) is 3.91. The minimum Gasteiger partial charge on any atom is -0.392 e. The fourth-order valence-corrected chi connectivity index (χ4v) is 1.88. The van der Waals surface area contributed by atoms with E-state index in [-0.39, 0.29) is 12.2 Å². The molecule has 2 aromatic rings. The van der Waals surface area contributed by atoms with E-state index in [0.29, 0.717) is 11.1 Å². The molecule has 100 valence electrons. The summed E-state index contributed by atoms with van der Waals surface area (Å²) in [5.41, 5.74) is 0.916. The SMILES string of the molecule is Cc1cncc(-c2cc(CO)ccc2C(F)(F)F)c1. The Hall–Kier alpha value is -1.88. The molecule has 0 radical (unpaired) electrons. The summed E-state index contributed by atoms with van der Waals surface area (Å²) >= 11 is 0. The molecular formula is C14H12F3NO. The summed E-state index contributed by atoms with van der Waals surface area (Å²) in [5.74, 6) is 0. The highest BCUT2D eigenvalue weighted by Crippen LogP contribution is 2.37. The lowest BCUT2D eigenvalue weighted by Crippen LogP contribution is -2.08. The molecule has 0 fully saturated rings. The smallest absolute Gasteiger partial charge is 0.392 e. The van der Waals surface area contributed by atoms with Gasteiger partial charge in [-0.05, 0) is 41.8 Å². The molecule has 1 aromatic carbocycles. The van der Waals surface area contributed by atoms with Gasteiger partial charge in [-0.3, -0.25) is 4.98 Å². The van der Waals surface area contributed by atoms with Gasteiger partial charge in [0.15, 0.2) is 0 Å². The monoisotopic (exact) mass is 267 g/mol. The van der Waals surface area contributed by atoms with E-state index < -0.39 is 11.7 Å². The van der Waals surface area contributed by atoms with Crippen molar-refractivity contribution < 1.29 is 18.3 Å². The number of alkyl halides is 3. The predicted molar refractivity (Wildman–Crippen MR) is 65.3 cm³/mol. The van der Waals surface area contributed by atoms with Crippen LogP contribution in [0, 0.1) is 6.92 Å². The van der Waals surface area contributed by atoms with Crippen LogP contribution in [-0.2, 0) is 12.8 Å². The van der Waals surface area contributed by atoms with Crippen molar-refractivity contribution in [3.05, 3.63) is 53.3 Å². The molecule has 19 heavy (non-hydrogen) atoms. The molecule has 5 heteroatoms. The molecular weight excluding hydrogens is 255 g/mol. The van der Waals surface area contributed by atoms with Crippen molar-refractivity contribution in [3.63, 3.8) is 0 Å². The first kappa shape index (κ1) is 13.5. The predicted octanol–water partition coefficient (Wildman–Crippen LogP) is 3.57. The lowest BCUT2D eigenvalue weighted by molar-refractivity contribution is -0.137. The van der Waals surface area contributed by atoms with Gasteiger partial charge in [0, 0.05) is 18.0 Å². The zero-order chi connectivity index (χ0) is 14.0. The highest BCUT2D eigenvalue weighted by atomic mass is 19.4. The molecule has 0 aliphatic carbocycles. The van der Waals surface area contributed by atoms with Crippen molar-refractivity contribution >= 4 is 0 Å². The lowest BCUT2D eigenvalue weighted by atomic mass is 9.97. The van der Waals surface area contributed by atoms with E-state index in [1.165, 1.54) is 18.3 Å². The van der Waals surface area contributed by atoms with Gasteiger partial charge in [-0.2, -0.15) is 13.2 Å². The van der Waals surface area contributed by atoms with Crippen LogP contribution in [0.3, 0.4) is 0 Å². The summed E-state index contributed by atoms with van der Waals surface area (Å²) in [6.07, 6.45) is -1.47. The number of nitrogens with zero attached hydrogens (tertiary/aromatic N) is 1. The Morgan fingerprint density at radius 1 is 1.16 bits per heavy atom. The Morgan fingerprint density at radius 3 is 2.47 bits per heavy atom. The lowest BCUT2D eigenvalue weighted by Gasteiger charge is -2.14. The first-order chi connectivity index (χ1) is 8.91. The van der Waals surface area contributed by atoms with E-state index in [1.807, 2.05) is 0 Å². The van der Waals surface area contributed by atoms with Crippen molar-refractivity contribution in [1.82, 2.24) is 4.98 Å². The number of rotatable bonds is 2. The van der Waals surface area contributed by atoms with Crippen LogP contribution < -0.4 is 0 Å². The van der Waals surface area contributed by atoms with Crippen LogP contribution in [0.2, 0.25) is 0 Å². The number of aromatic nitrogens is 1. The number of pyridine rings is 1. The number of hydrogen-bond acceptors (Lipinski definition) is 2. The van der Waals surface area contributed by atoms with E-state index in [4.69, 9.17) is 5.11 Å². The van der Waals surface area contributed by atoms with Crippen molar-refractivity contribution in [2.45, 2.75) is 19.7 Å². The van der Waals surface area contributed by atoms with Gasteiger partial charge >= 0.3 is 6.18 Å². The third kappa shape index (κ3) is 2.93. The molecule has 0 bridgehead atoms. The molecule has 0 unspecified atom stereocenters. The second kappa shape index (κ2) is 5.01. The minimum absolute atomic E-state index is 0.0373. The molecule has 1 aromatic heterocycles. The largest absolute Gasteiger partial charge is 0.417 e. The first-order valence-corrected chi connectivity index (χ1v) is 5.65. The topological polar surface area (TPSA) is 33.1 Å². The number of hydrogen-bond donors (Lipinski definition) is 1. The van der Waals surface area contributed by atoms with Crippen LogP contribution >= 0.6 is 0 Å². The molecule has 0 spiro atoms. The Balaban J connectivity index is 2.65. The Kier molecular flexibility index (Phi) is 3.57. The van der Waals surface area contributed by atoms with Gasteiger partial charge in [0.05, 0.1) is 12.2 Å². The highest BCUT2D eigenvalue weighted by Gasteiger charge is 2.33. The minimum atomic E-state index is -4.44. The molecule has 1 N–H and O–H groups in total. The van der Waals surface area contributed by atoms with E-state index in [1.54, 1.807) is 19.2 Å². The normalized spacial score (nSPS) is 11.6. The van der Waals surface area contributed by atoms with E-state index in [0.717, 1.165) is 11.6 Å². The van der Waals surface area contributed by atoms with Crippen molar-refractivity contribution in [1.29, 1.82) is 0 Å². The molecule has 0 saturated heterocycles. The zero-order valence-electron chi connectivity index (χ0n) is 10.2. The van der Waals surface area contributed by atoms with Gasteiger partial charge in [-0.15, -0.1) is 0 Å². The fourth-order valence-electron chi connectivity index (χ4n) is 1.88. The molecule has 2 nitrogen and oxygen atoms in total. The molecule has 0 aliphatic rings. The fraction of sp³-hybridized carbons (Fsp3) is 0.214. The maximum atomic E-state index is 13.0. The Labute approximate surface area is 108 Å².